The molecule has 0 saturated heterocycles. The highest BCUT2D eigenvalue weighted by Crippen LogP contribution is 2.18. The van der Waals surface area contributed by atoms with Crippen LogP contribution in [0.25, 0.3) is 0 Å². The summed E-state index contributed by atoms with van der Waals surface area (Å²) >= 11 is 0. The summed E-state index contributed by atoms with van der Waals surface area (Å²) in [6, 6.07) is 4.95. The van der Waals surface area contributed by atoms with Crippen LogP contribution in [0.4, 0.5) is 9.59 Å². The Hall–Kier alpha value is -2.85. The molecule has 4 N–H and O–H groups in total. The van der Waals surface area contributed by atoms with Crippen molar-refractivity contribution in [3.63, 3.8) is 0 Å². The Bertz CT molecular complexity index is 780. The number of aliphatic hydroxyl groups is 2. The number of aliphatic imine (C=N–C) groups is 1. The van der Waals surface area contributed by atoms with Crippen LogP contribution in [0, 0.1) is 0 Å². The van der Waals surface area contributed by atoms with E-state index in [1.54, 1.807) is 59.7 Å². The van der Waals surface area contributed by atoms with E-state index in [2.05, 4.69) is 15.6 Å². The molecule has 0 heterocycles. The molecule has 0 unspecified atom stereocenters. The summed E-state index contributed by atoms with van der Waals surface area (Å²) in [5.74, 6) is 0.354. The predicted molar refractivity (Wildman–Crippen MR) is 115 cm³/mol. The van der Waals surface area contributed by atoms with E-state index in [9.17, 15) is 19.8 Å². The zero-order valence-electron chi connectivity index (χ0n) is 18.9. The molecule has 0 aliphatic heterocycles. The number of hydrogen-bond donors (Lipinski definition) is 4. The van der Waals surface area contributed by atoms with Gasteiger partial charge in [-0.25, -0.2) is 9.59 Å². The van der Waals surface area contributed by atoms with Gasteiger partial charge in [0.15, 0.2) is 0 Å². The van der Waals surface area contributed by atoms with Gasteiger partial charge in [0.2, 0.25) is 5.96 Å². The molecule has 1 rings (SSSR count). The summed E-state index contributed by atoms with van der Waals surface area (Å²) in [7, 11) is 0. The number of carbonyl (C=O) groups is 2. The Morgan fingerprint density at radius 2 is 1.58 bits per heavy atom. The summed E-state index contributed by atoms with van der Waals surface area (Å²) in [5.41, 5.74) is -0.297. The van der Waals surface area contributed by atoms with E-state index in [0.717, 1.165) is 0 Å². The van der Waals surface area contributed by atoms with Gasteiger partial charge in [0.25, 0.3) is 0 Å². The van der Waals surface area contributed by atoms with Crippen LogP contribution < -0.4 is 15.4 Å². The third-order valence-electron chi connectivity index (χ3n) is 3.40. The van der Waals surface area contributed by atoms with E-state index in [1.807, 2.05) is 0 Å². The van der Waals surface area contributed by atoms with Crippen LogP contribution in [0.3, 0.4) is 0 Å². The second kappa shape index (κ2) is 11.5. The number of nitrogens with zero attached hydrogens (tertiary/aromatic N) is 1. The molecule has 0 atom stereocenters. The van der Waals surface area contributed by atoms with Crippen molar-refractivity contribution in [1.82, 2.24) is 10.6 Å². The molecule has 10 heteroatoms. The van der Waals surface area contributed by atoms with Crippen molar-refractivity contribution in [1.29, 1.82) is 0 Å². The molecule has 174 valence electrons. The minimum atomic E-state index is -0.876. The maximum atomic E-state index is 12.0. The highest BCUT2D eigenvalue weighted by molar-refractivity contribution is 5.98. The molecule has 0 radical (unpaired) electrons. The average Bonchev–Trinajstić information content (AvgIpc) is 2.61. The monoisotopic (exact) mass is 439 g/mol. The lowest BCUT2D eigenvalue weighted by Gasteiger charge is -2.21. The summed E-state index contributed by atoms with van der Waals surface area (Å²) in [4.78, 5) is 27.8. The average molecular weight is 440 g/mol. The molecule has 0 aliphatic carbocycles. The topological polar surface area (TPSA) is 139 Å². The van der Waals surface area contributed by atoms with E-state index in [1.165, 1.54) is 0 Å². The molecule has 0 bridgehead atoms. The molecule has 0 saturated carbocycles. The number of hydrogen-bond acceptors (Lipinski definition) is 7. The number of alkyl carbamates (subject to hydrolysis) is 1. The smallest absolute Gasteiger partial charge is 0.437 e. The lowest BCUT2D eigenvalue weighted by molar-refractivity contribution is 0.0560. The number of rotatable bonds is 6. The van der Waals surface area contributed by atoms with E-state index in [0.29, 0.717) is 16.9 Å². The fraction of sp³-hybridized carbons (Fsp3) is 0.571. The predicted octanol–water partition coefficient (Wildman–Crippen LogP) is 2.46. The van der Waals surface area contributed by atoms with Gasteiger partial charge in [0.1, 0.15) is 23.6 Å². The maximum absolute atomic E-state index is 12.0. The van der Waals surface area contributed by atoms with Crippen LogP contribution >= 0.6 is 0 Å². The zero-order valence-corrected chi connectivity index (χ0v) is 18.9. The number of guanidine groups is 1. The summed E-state index contributed by atoms with van der Waals surface area (Å²) in [5, 5.41) is 23.8. The maximum Gasteiger partial charge on any atom is 0.437 e. The number of amides is 2. The molecule has 10 nitrogen and oxygen atoms in total. The van der Waals surface area contributed by atoms with Gasteiger partial charge in [-0.1, -0.05) is 6.07 Å². The van der Waals surface area contributed by atoms with Crippen molar-refractivity contribution in [2.24, 2.45) is 4.99 Å². The molecule has 31 heavy (non-hydrogen) atoms. The van der Waals surface area contributed by atoms with E-state index < -0.39 is 23.4 Å². The Balaban J connectivity index is 2.74. The number of carbonyl (C=O) groups excluding carboxylic acids is 2. The fourth-order valence-corrected chi connectivity index (χ4v) is 2.22. The Morgan fingerprint density at radius 3 is 2.13 bits per heavy atom. The first-order valence-electron chi connectivity index (χ1n) is 9.85. The normalized spacial score (nSPS) is 12.2. The minimum absolute atomic E-state index is 0.140. The third-order valence-corrected chi connectivity index (χ3v) is 3.40. The molecule has 1 aromatic rings. The Morgan fingerprint density at radius 1 is 0.968 bits per heavy atom. The van der Waals surface area contributed by atoms with Crippen LogP contribution in [-0.2, 0) is 22.7 Å². The number of ether oxygens (including phenoxy) is 3. The van der Waals surface area contributed by atoms with Crippen molar-refractivity contribution < 1.29 is 34.0 Å². The summed E-state index contributed by atoms with van der Waals surface area (Å²) in [6.45, 7) is 10.2. The largest absolute Gasteiger partial charge is 0.492 e. The lowest BCUT2D eigenvalue weighted by atomic mass is 10.1. The van der Waals surface area contributed by atoms with E-state index in [-0.39, 0.29) is 32.3 Å². The Labute approximate surface area is 182 Å². The van der Waals surface area contributed by atoms with Crippen LogP contribution in [0.15, 0.2) is 23.2 Å². The van der Waals surface area contributed by atoms with Gasteiger partial charge < -0.3 is 29.7 Å². The molecule has 0 spiro atoms. The molecular weight excluding hydrogens is 406 g/mol. The molecule has 0 aromatic heterocycles. The number of nitrogens with one attached hydrogen (secondary N) is 2. The molecule has 2 amide bonds. The summed E-state index contributed by atoms with van der Waals surface area (Å²) < 4.78 is 15.9. The van der Waals surface area contributed by atoms with Crippen LogP contribution in [0.2, 0.25) is 0 Å². The van der Waals surface area contributed by atoms with Crippen molar-refractivity contribution >= 4 is 18.1 Å². The zero-order chi connectivity index (χ0) is 23.7. The second-order valence-corrected chi connectivity index (χ2v) is 8.59. The van der Waals surface area contributed by atoms with Crippen molar-refractivity contribution in [2.75, 3.05) is 13.2 Å². The van der Waals surface area contributed by atoms with Crippen molar-refractivity contribution in [2.45, 2.75) is 66.0 Å². The van der Waals surface area contributed by atoms with E-state index >= 15 is 0 Å². The highest BCUT2D eigenvalue weighted by atomic mass is 16.6. The first-order valence-corrected chi connectivity index (χ1v) is 9.85. The van der Waals surface area contributed by atoms with Crippen LogP contribution in [0.5, 0.6) is 5.75 Å². The van der Waals surface area contributed by atoms with Gasteiger partial charge in [0.05, 0.1) is 19.8 Å². The minimum Gasteiger partial charge on any atom is -0.492 e. The van der Waals surface area contributed by atoms with Gasteiger partial charge in [0, 0.05) is 0 Å². The SMILES string of the molecule is CC(C)(C)OC(=O)/N=C(/NCCOc1ccc(CO)c(CO)c1)NC(=O)OC(C)(C)C. The van der Waals surface area contributed by atoms with Gasteiger partial charge in [-0.2, -0.15) is 0 Å². The Kier molecular flexibility index (Phi) is 9.73. The number of benzene rings is 1. The van der Waals surface area contributed by atoms with Gasteiger partial charge >= 0.3 is 12.2 Å². The fourth-order valence-electron chi connectivity index (χ4n) is 2.22. The molecular formula is C21H33N3O7. The highest BCUT2D eigenvalue weighted by Gasteiger charge is 2.20. The first kappa shape index (κ1) is 26.2. The first-order chi connectivity index (χ1) is 14.3. The lowest BCUT2D eigenvalue weighted by Crippen LogP contribution is -2.45. The van der Waals surface area contributed by atoms with Crippen molar-refractivity contribution in [3.8, 4) is 5.75 Å². The molecule has 1 aromatic carbocycles. The quantitative estimate of drug-likeness (QED) is 0.301. The van der Waals surface area contributed by atoms with Gasteiger partial charge in [-0.15, -0.1) is 4.99 Å². The summed E-state index contributed by atoms with van der Waals surface area (Å²) in [6.07, 6.45) is -1.66. The van der Waals surface area contributed by atoms with E-state index in [4.69, 9.17) is 14.2 Å². The third kappa shape index (κ3) is 11.2. The van der Waals surface area contributed by atoms with Gasteiger partial charge in [-0.05, 0) is 64.8 Å². The molecule has 0 aliphatic rings. The van der Waals surface area contributed by atoms with Gasteiger partial charge in [-0.3, -0.25) is 5.32 Å². The standard InChI is InChI=1S/C21H33N3O7/c1-20(2,3)30-18(27)23-17(24-19(28)31-21(4,5)6)22-9-10-29-16-8-7-14(12-25)15(11-16)13-26/h7-8,11,25-26H,9-10,12-13H2,1-6H3,(H2,22,23,24,27,28). The second-order valence-electron chi connectivity index (χ2n) is 8.59. The van der Waals surface area contributed by atoms with Crippen molar-refractivity contribution in [3.05, 3.63) is 29.3 Å². The van der Waals surface area contributed by atoms with Crippen LogP contribution in [0.1, 0.15) is 52.7 Å². The molecule has 0 fully saturated rings. The van der Waals surface area contributed by atoms with Crippen LogP contribution in [-0.4, -0.2) is 52.7 Å². The number of aliphatic hydroxyl groups excluding tert-OH is 2.